The number of rotatable bonds is 6. The molecule has 2 nitrogen and oxygen atoms in total. The summed E-state index contributed by atoms with van der Waals surface area (Å²) < 4.78 is 5.59. The topological polar surface area (TPSA) is 21.3 Å². The maximum Gasteiger partial charge on any atom is 0.0619 e. The molecule has 0 amide bonds. The molecule has 0 radical (unpaired) electrons. The maximum atomic E-state index is 5.59. The lowest BCUT2D eigenvalue weighted by Crippen LogP contribution is -2.29. The Bertz CT molecular complexity index is 114. The molecule has 0 aromatic carbocycles. The predicted octanol–water partition coefficient (Wildman–Crippen LogP) is 2.44. The molecule has 1 atom stereocenters. The Hall–Kier alpha value is -0.0800. The van der Waals surface area contributed by atoms with Gasteiger partial charge in [0.05, 0.1) is 6.61 Å². The quantitative estimate of drug-likeness (QED) is 0.645. The highest BCUT2D eigenvalue weighted by atomic mass is 16.5. The second-order valence-corrected chi connectivity index (χ2v) is 4.78. The normalized spacial score (nSPS) is 14.5. The van der Waals surface area contributed by atoms with E-state index in [-0.39, 0.29) is 0 Å². The number of ether oxygens (including phenoxy) is 1. The van der Waals surface area contributed by atoms with E-state index < -0.39 is 0 Å². The summed E-state index contributed by atoms with van der Waals surface area (Å²) in [5, 5.41) is 3.22. The van der Waals surface area contributed by atoms with Crippen molar-refractivity contribution in [2.45, 2.75) is 46.6 Å². The van der Waals surface area contributed by atoms with Crippen molar-refractivity contribution in [3.05, 3.63) is 0 Å². The van der Waals surface area contributed by atoms with Crippen LogP contribution < -0.4 is 5.32 Å². The molecule has 0 aromatic heterocycles. The average Bonchev–Trinajstić information content (AvgIpc) is 2.03. The molecule has 1 unspecified atom stereocenters. The van der Waals surface area contributed by atoms with Gasteiger partial charge in [-0.1, -0.05) is 27.7 Å². The Morgan fingerprint density at radius 2 is 1.92 bits per heavy atom. The Morgan fingerprint density at radius 1 is 1.31 bits per heavy atom. The third-order valence-electron chi connectivity index (χ3n) is 2.22. The van der Waals surface area contributed by atoms with E-state index in [4.69, 9.17) is 4.74 Å². The SMILES string of the molecule is CCC(COCCC(C)(C)C)NC. The molecule has 0 bridgehead atoms. The second-order valence-electron chi connectivity index (χ2n) is 4.78. The summed E-state index contributed by atoms with van der Waals surface area (Å²) in [5.41, 5.74) is 0.390. The molecule has 0 aromatic rings. The molecule has 0 aliphatic rings. The third kappa shape index (κ3) is 8.26. The first-order chi connectivity index (χ1) is 5.99. The van der Waals surface area contributed by atoms with Crippen LogP contribution in [0.1, 0.15) is 40.5 Å². The van der Waals surface area contributed by atoms with Crippen LogP contribution >= 0.6 is 0 Å². The highest BCUT2D eigenvalue weighted by Gasteiger charge is 2.10. The molecule has 0 saturated carbocycles. The molecule has 0 saturated heterocycles. The summed E-state index contributed by atoms with van der Waals surface area (Å²) >= 11 is 0. The average molecular weight is 187 g/mol. The molecule has 0 aliphatic heterocycles. The Kier molecular flexibility index (Phi) is 6.35. The van der Waals surface area contributed by atoms with Crippen LogP contribution in [0.2, 0.25) is 0 Å². The Labute approximate surface area is 83.1 Å². The van der Waals surface area contributed by atoms with E-state index in [1.54, 1.807) is 0 Å². The van der Waals surface area contributed by atoms with E-state index in [1.807, 2.05) is 7.05 Å². The van der Waals surface area contributed by atoms with Crippen LogP contribution in [0.4, 0.5) is 0 Å². The van der Waals surface area contributed by atoms with Gasteiger partial charge in [0.25, 0.3) is 0 Å². The zero-order valence-electron chi connectivity index (χ0n) is 9.81. The molecule has 2 heteroatoms. The molecular weight excluding hydrogens is 162 g/mol. The minimum Gasteiger partial charge on any atom is -0.380 e. The Morgan fingerprint density at radius 3 is 2.31 bits per heavy atom. The summed E-state index contributed by atoms with van der Waals surface area (Å²) in [4.78, 5) is 0. The van der Waals surface area contributed by atoms with Gasteiger partial charge in [0.2, 0.25) is 0 Å². The van der Waals surface area contributed by atoms with Gasteiger partial charge >= 0.3 is 0 Å². The summed E-state index contributed by atoms with van der Waals surface area (Å²) in [7, 11) is 1.99. The van der Waals surface area contributed by atoms with Crippen LogP contribution in [0.25, 0.3) is 0 Å². The highest BCUT2D eigenvalue weighted by Crippen LogP contribution is 2.17. The zero-order valence-corrected chi connectivity index (χ0v) is 9.81. The van der Waals surface area contributed by atoms with Crippen LogP contribution in [-0.4, -0.2) is 26.3 Å². The summed E-state index contributed by atoms with van der Waals surface area (Å²) in [6, 6.07) is 0.514. The lowest BCUT2D eigenvalue weighted by Gasteiger charge is -2.19. The van der Waals surface area contributed by atoms with Gasteiger partial charge in [-0.3, -0.25) is 0 Å². The minimum atomic E-state index is 0.390. The van der Waals surface area contributed by atoms with E-state index in [0.29, 0.717) is 11.5 Å². The van der Waals surface area contributed by atoms with Crippen molar-refractivity contribution in [1.29, 1.82) is 0 Å². The zero-order chi connectivity index (χ0) is 10.3. The maximum absolute atomic E-state index is 5.59. The van der Waals surface area contributed by atoms with Crippen molar-refractivity contribution in [2.75, 3.05) is 20.3 Å². The molecule has 0 fully saturated rings. The first-order valence-corrected chi connectivity index (χ1v) is 5.24. The molecule has 13 heavy (non-hydrogen) atoms. The first kappa shape index (κ1) is 12.9. The van der Waals surface area contributed by atoms with Crippen molar-refractivity contribution in [3.8, 4) is 0 Å². The standard InChI is InChI=1S/C11H25NO/c1-6-10(12-5)9-13-8-7-11(2,3)4/h10,12H,6-9H2,1-5H3. The predicted molar refractivity (Wildman–Crippen MR) is 58.0 cm³/mol. The van der Waals surface area contributed by atoms with Crippen molar-refractivity contribution in [1.82, 2.24) is 5.32 Å². The number of hydrogen-bond donors (Lipinski definition) is 1. The monoisotopic (exact) mass is 187 g/mol. The van der Waals surface area contributed by atoms with Gasteiger partial charge in [-0.2, -0.15) is 0 Å². The lowest BCUT2D eigenvalue weighted by atomic mass is 9.93. The van der Waals surface area contributed by atoms with E-state index in [1.165, 1.54) is 0 Å². The summed E-state index contributed by atoms with van der Waals surface area (Å²) in [5.74, 6) is 0. The van der Waals surface area contributed by atoms with Crippen LogP contribution in [-0.2, 0) is 4.74 Å². The minimum absolute atomic E-state index is 0.390. The van der Waals surface area contributed by atoms with Crippen LogP contribution in [0.5, 0.6) is 0 Å². The van der Waals surface area contributed by atoms with Crippen LogP contribution in [0, 0.1) is 5.41 Å². The third-order valence-corrected chi connectivity index (χ3v) is 2.22. The van der Waals surface area contributed by atoms with Gasteiger partial charge in [-0.05, 0) is 25.3 Å². The summed E-state index contributed by atoms with van der Waals surface area (Å²) in [6.07, 6.45) is 2.26. The van der Waals surface area contributed by atoms with Crippen molar-refractivity contribution >= 4 is 0 Å². The van der Waals surface area contributed by atoms with E-state index in [9.17, 15) is 0 Å². The van der Waals surface area contributed by atoms with Gasteiger partial charge in [0, 0.05) is 12.6 Å². The number of likely N-dealkylation sites (N-methyl/N-ethyl adjacent to an activating group) is 1. The fourth-order valence-electron chi connectivity index (χ4n) is 1.01. The molecule has 0 aliphatic carbocycles. The van der Waals surface area contributed by atoms with Crippen LogP contribution in [0.15, 0.2) is 0 Å². The van der Waals surface area contributed by atoms with Crippen LogP contribution in [0.3, 0.4) is 0 Å². The fourth-order valence-corrected chi connectivity index (χ4v) is 1.01. The van der Waals surface area contributed by atoms with Gasteiger partial charge in [0.15, 0.2) is 0 Å². The van der Waals surface area contributed by atoms with Crippen molar-refractivity contribution < 1.29 is 4.74 Å². The largest absolute Gasteiger partial charge is 0.380 e. The van der Waals surface area contributed by atoms with Gasteiger partial charge < -0.3 is 10.1 Å². The first-order valence-electron chi connectivity index (χ1n) is 5.24. The van der Waals surface area contributed by atoms with E-state index >= 15 is 0 Å². The van der Waals surface area contributed by atoms with Gasteiger partial charge in [0.1, 0.15) is 0 Å². The van der Waals surface area contributed by atoms with E-state index in [0.717, 1.165) is 26.1 Å². The molecule has 0 heterocycles. The van der Waals surface area contributed by atoms with Crippen molar-refractivity contribution in [2.24, 2.45) is 5.41 Å². The number of hydrogen-bond acceptors (Lipinski definition) is 2. The molecule has 0 spiro atoms. The van der Waals surface area contributed by atoms with Crippen molar-refractivity contribution in [3.63, 3.8) is 0 Å². The second kappa shape index (κ2) is 6.39. The lowest BCUT2D eigenvalue weighted by molar-refractivity contribution is 0.0906. The number of nitrogens with one attached hydrogen (secondary N) is 1. The Balaban J connectivity index is 3.34. The highest BCUT2D eigenvalue weighted by molar-refractivity contribution is 4.62. The smallest absolute Gasteiger partial charge is 0.0619 e. The molecule has 80 valence electrons. The molecule has 0 rings (SSSR count). The molecule has 1 N–H and O–H groups in total. The van der Waals surface area contributed by atoms with Gasteiger partial charge in [-0.15, -0.1) is 0 Å². The summed E-state index contributed by atoms with van der Waals surface area (Å²) in [6.45, 7) is 10.6. The molecular formula is C11H25NO. The van der Waals surface area contributed by atoms with E-state index in [2.05, 4.69) is 33.0 Å². The fraction of sp³-hybridized carbons (Fsp3) is 1.00. The van der Waals surface area contributed by atoms with Gasteiger partial charge in [-0.25, -0.2) is 0 Å².